The molecule has 2 amide bonds. The van der Waals surface area contributed by atoms with Crippen LogP contribution in [0.25, 0.3) is 0 Å². The molecule has 0 saturated heterocycles. The lowest BCUT2D eigenvalue weighted by Crippen LogP contribution is -2.61. The van der Waals surface area contributed by atoms with Gasteiger partial charge in [0.15, 0.2) is 0 Å². The number of rotatable bonds is 7. The fourth-order valence-electron chi connectivity index (χ4n) is 3.12. The Balaban J connectivity index is 2.88. The molecule has 1 unspecified atom stereocenters. The zero-order chi connectivity index (χ0) is 15.9. The number of hydrogen-bond donors (Lipinski definition) is 2. The van der Waals surface area contributed by atoms with E-state index in [0.717, 1.165) is 32.1 Å². The van der Waals surface area contributed by atoms with E-state index in [-0.39, 0.29) is 17.7 Å². The summed E-state index contributed by atoms with van der Waals surface area (Å²) in [7, 11) is 1.83. The van der Waals surface area contributed by atoms with Crippen LogP contribution in [0.1, 0.15) is 52.9 Å². The molecule has 5 nitrogen and oxygen atoms in total. The zero-order valence-corrected chi connectivity index (χ0v) is 14.0. The first kappa shape index (κ1) is 18.0. The highest BCUT2D eigenvalue weighted by molar-refractivity contribution is 5.92. The van der Waals surface area contributed by atoms with E-state index in [9.17, 15) is 9.59 Å². The first-order chi connectivity index (χ1) is 10.0. The van der Waals surface area contributed by atoms with Gasteiger partial charge in [0.2, 0.25) is 11.8 Å². The molecule has 21 heavy (non-hydrogen) atoms. The standard InChI is InChI=1S/C16H31N3O2/c1-5-19(6-2)15(21)16(10-8-7-9-11-16)18-14(20)13(3)12-17-4/h13,17H,5-12H2,1-4H3,(H,18,20). The Kier molecular flexibility index (Phi) is 7.15. The minimum atomic E-state index is -0.677. The second-order valence-corrected chi connectivity index (χ2v) is 6.07. The third kappa shape index (κ3) is 4.43. The van der Waals surface area contributed by atoms with Crippen LogP contribution < -0.4 is 10.6 Å². The van der Waals surface area contributed by atoms with Crippen molar-refractivity contribution < 1.29 is 9.59 Å². The molecule has 0 aromatic carbocycles. The van der Waals surface area contributed by atoms with Gasteiger partial charge >= 0.3 is 0 Å². The van der Waals surface area contributed by atoms with Gasteiger partial charge in [-0.3, -0.25) is 9.59 Å². The van der Waals surface area contributed by atoms with Crippen LogP contribution >= 0.6 is 0 Å². The van der Waals surface area contributed by atoms with Gasteiger partial charge in [0.25, 0.3) is 0 Å². The Morgan fingerprint density at radius 1 is 1.14 bits per heavy atom. The summed E-state index contributed by atoms with van der Waals surface area (Å²) in [4.78, 5) is 27.1. The fraction of sp³-hybridized carbons (Fsp3) is 0.875. The number of hydrogen-bond acceptors (Lipinski definition) is 3. The molecule has 1 atom stereocenters. The molecule has 0 aromatic rings. The van der Waals surface area contributed by atoms with Crippen molar-refractivity contribution in [3.63, 3.8) is 0 Å². The number of carbonyl (C=O) groups is 2. The van der Waals surface area contributed by atoms with Gasteiger partial charge < -0.3 is 15.5 Å². The van der Waals surface area contributed by atoms with Crippen LogP contribution in [-0.2, 0) is 9.59 Å². The lowest BCUT2D eigenvalue weighted by Gasteiger charge is -2.40. The minimum Gasteiger partial charge on any atom is -0.341 e. The minimum absolute atomic E-state index is 0.0215. The summed E-state index contributed by atoms with van der Waals surface area (Å²) in [5.41, 5.74) is -0.677. The molecule has 0 aromatic heterocycles. The largest absolute Gasteiger partial charge is 0.341 e. The average molecular weight is 297 g/mol. The molecule has 1 rings (SSSR count). The van der Waals surface area contributed by atoms with Gasteiger partial charge in [0.1, 0.15) is 5.54 Å². The van der Waals surface area contributed by atoms with E-state index >= 15 is 0 Å². The van der Waals surface area contributed by atoms with Crippen LogP contribution in [0, 0.1) is 5.92 Å². The molecule has 0 bridgehead atoms. The molecular weight excluding hydrogens is 266 g/mol. The Bertz CT molecular complexity index is 347. The number of carbonyl (C=O) groups excluding carboxylic acids is 2. The van der Waals surface area contributed by atoms with Gasteiger partial charge in [-0.15, -0.1) is 0 Å². The van der Waals surface area contributed by atoms with Gasteiger partial charge in [0.05, 0.1) is 0 Å². The van der Waals surface area contributed by atoms with Gasteiger partial charge in [-0.25, -0.2) is 0 Å². The lowest BCUT2D eigenvalue weighted by molar-refractivity contribution is -0.144. The second-order valence-electron chi connectivity index (χ2n) is 6.07. The SMILES string of the molecule is CCN(CC)C(=O)C1(NC(=O)C(C)CNC)CCCCC1. The third-order valence-electron chi connectivity index (χ3n) is 4.49. The van der Waals surface area contributed by atoms with Crippen molar-refractivity contribution >= 4 is 11.8 Å². The van der Waals surface area contributed by atoms with Gasteiger partial charge in [-0.05, 0) is 33.7 Å². The van der Waals surface area contributed by atoms with E-state index in [4.69, 9.17) is 0 Å². The molecule has 0 heterocycles. The molecular formula is C16H31N3O2. The molecule has 1 aliphatic rings. The van der Waals surface area contributed by atoms with Crippen LogP contribution in [0.5, 0.6) is 0 Å². The summed E-state index contributed by atoms with van der Waals surface area (Å²) < 4.78 is 0. The zero-order valence-electron chi connectivity index (χ0n) is 14.0. The highest BCUT2D eigenvalue weighted by atomic mass is 16.2. The predicted octanol–water partition coefficient (Wildman–Crippen LogP) is 1.53. The lowest BCUT2D eigenvalue weighted by atomic mass is 9.80. The Morgan fingerprint density at radius 3 is 2.19 bits per heavy atom. The highest BCUT2D eigenvalue weighted by Gasteiger charge is 2.43. The number of nitrogens with zero attached hydrogens (tertiary/aromatic N) is 1. The summed E-state index contributed by atoms with van der Waals surface area (Å²) in [6.07, 6.45) is 4.69. The summed E-state index contributed by atoms with van der Waals surface area (Å²) in [5, 5.41) is 6.11. The van der Waals surface area contributed by atoms with Crippen LogP contribution in [0.15, 0.2) is 0 Å². The Morgan fingerprint density at radius 2 is 1.71 bits per heavy atom. The molecule has 1 saturated carbocycles. The maximum atomic E-state index is 12.9. The van der Waals surface area contributed by atoms with Gasteiger partial charge in [0, 0.05) is 25.6 Å². The van der Waals surface area contributed by atoms with Crippen molar-refractivity contribution in [2.45, 2.75) is 58.4 Å². The monoisotopic (exact) mass is 297 g/mol. The van der Waals surface area contributed by atoms with Crippen LogP contribution in [-0.4, -0.2) is 48.9 Å². The van der Waals surface area contributed by atoms with Crippen molar-refractivity contribution in [2.24, 2.45) is 5.92 Å². The average Bonchev–Trinajstić information content (AvgIpc) is 2.49. The third-order valence-corrected chi connectivity index (χ3v) is 4.49. The molecule has 2 N–H and O–H groups in total. The van der Waals surface area contributed by atoms with Crippen molar-refractivity contribution in [1.82, 2.24) is 15.5 Å². The van der Waals surface area contributed by atoms with E-state index < -0.39 is 5.54 Å². The summed E-state index contributed by atoms with van der Waals surface area (Å²) >= 11 is 0. The number of likely N-dealkylation sites (N-methyl/N-ethyl adjacent to an activating group) is 1. The van der Waals surface area contributed by atoms with Gasteiger partial charge in [-0.2, -0.15) is 0 Å². The fourth-order valence-corrected chi connectivity index (χ4v) is 3.12. The second kappa shape index (κ2) is 8.37. The summed E-state index contributed by atoms with van der Waals surface area (Å²) in [6.45, 7) is 7.89. The quantitative estimate of drug-likeness (QED) is 0.749. The molecule has 122 valence electrons. The van der Waals surface area contributed by atoms with Crippen LogP contribution in [0.3, 0.4) is 0 Å². The Hall–Kier alpha value is -1.10. The van der Waals surface area contributed by atoms with Gasteiger partial charge in [-0.1, -0.05) is 26.2 Å². The normalized spacial score (nSPS) is 18.9. The Labute approximate surface area is 128 Å². The van der Waals surface area contributed by atoms with E-state index in [0.29, 0.717) is 19.6 Å². The first-order valence-electron chi connectivity index (χ1n) is 8.26. The molecule has 5 heteroatoms. The molecule has 0 aliphatic heterocycles. The predicted molar refractivity (Wildman–Crippen MR) is 85.0 cm³/mol. The van der Waals surface area contributed by atoms with Crippen molar-refractivity contribution in [1.29, 1.82) is 0 Å². The molecule has 0 spiro atoms. The summed E-state index contributed by atoms with van der Waals surface area (Å²) in [6, 6.07) is 0. The van der Waals surface area contributed by atoms with E-state index in [1.165, 1.54) is 0 Å². The van der Waals surface area contributed by atoms with E-state index in [2.05, 4.69) is 10.6 Å². The van der Waals surface area contributed by atoms with Crippen molar-refractivity contribution in [3.8, 4) is 0 Å². The first-order valence-corrected chi connectivity index (χ1v) is 8.26. The summed E-state index contributed by atoms with van der Waals surface area (Å²) in [5.74, 6) is -0.0535. The molecule has 0 radical (unpaired) electrons. The molecule has 1 fully saturated rings. The number of amides is 2. The maximum Gasteiger partial charge on any atom is 0.248 e. The highest BCUT2D eigenvalue weighted by Crippen LogP contribution is 2.30. The van der Waals surface area contributed by atoms with Crippen LogP contribution in [0.2, 0.25) is 0 Å². The van der Waals surface area contributed by atoms with Crippen molar-refractivity contribution in [3.05, 3.63) is 0 Å². The topological polar surface area (TPSA) is 61.4 Å². The van der Waals surface area contributed by atoms with E-state index in [1.54, 1.807) is 0 Å². The smallest absolute Gasteiger partial charge is 0.248 e. The number of nitrogens with one attached hydrogen (secondary N) is 2. The molecule has 1 aliphatic carbocycles. The van der Waals surface area contributed by atoms with Crippen molar-refractivity contribution in [2.75, 3.05) is 26.7 Å². The van der Waals surface area contributed by atoms with E-state index in [1.807, 2.05) is 32.7 Å². The maximum absolute atomic E-state index is 12.9. The van der Waals surface area contributed by atoms with Crippen LogP contribution in [0.4, 0.5) is 0 Å².